The molecule has 0 saturated heterocycles. The zero-order chi connectivity index (χ0) is 13.7. The lowest BCUT2D eigenvalue weighted by Crippen LogP contribution is -2.32. The summed E-state index contributed by atoms with van der Waals surface area (Å²) >= 11 is 0. The minimum Gasteiger partial charge on any atom is -0.497 e. The molecule has 0 aliphatic rings. The van der Waals surface area contributed by atoms with E-state index in [2.05, 4.69) is 13.8 Å². The van der Waals surface area contributed by atoms with Crippen LogP contribution < -0.4 is 15.2 Å². The Labute approximate surface area is 109 Å². The average Bonchev–Trinajstić information content (AvgIpc) is 2.38. The van der Waals surface area contributed by atoms with Gasteiger partial charge in [0.25, 0.3) is 0 Å². The van der Waals surface area contributed by atoms with E-state index in [9.17, 15) is 0 Å². The van der Waals surface area contributed by atoms with Gasteiger partial charge in [-0.1, -0.05) is 13.8 Å². The van der Waals surface area contributed by atoms with Crippen LogP contribution in [0.25, 0.3) is 0 Å². The lowest BCUT2D eigenvalue weighted by molar-refractivity contribution is 0.0436. The van der Waals surface area contributed by atoms with E-state index in [-0.39, 0.29) is 12.1 Å². The van der Waals surface area contributed by atoms with Gasteiger partial charge in [-0.2, -0.15) is 0 Å². The molecule has 0 saturated carbocycles. The zero-order valence-electron chi connectivity index (χ0n) is 11.8. The molecule has 0 spiro atoms. The summed E-state index contributed by atoms with van der Waals surface area (Å²) in [5, 5.41) is 0. The van der Waals surface area contributed by atoms with Crippen molar-refractivity contribution >= 4 is 0 Å². The Morgan fingerprint density at radius 3 is 1.78 bits per heavy atom. The summed E-state index contributed by atoms with van der Waals surface area (Å²) in [5.41, 5.74) is 7.21. The molecule has 1 rings (SSSR count). The SMILES string of the molecule is COc1cc(OC)cc(C(N)C(OC)C(C)C)c1. The molecule has 4 nitrogen and oxygen atoms in total. The first kappa shape index (κ1) is 14.8. The van der Waals surface area contributed by atoms with Crippen LogP contribution in [0.3, 0.4) is 0 Å². The van der Waals surface area contributed by atoms with E-state index in [4.69, 9.17) is 19.9 Å². The molecule has 0 amide bonds. The Hall–Kier alpha value is -1.26. The fourth-order valence-corrected chi connectivity index (χ4v) is 2.05. The second-order valence-electron chi connectivity index (χ2n) is 4.62. The topological polar surface area (TPSA) is 53.7 Å². The van der Waals surface area contributed by atoms with E-state index in [0.717, 1.165) is 17.1 Å². The maximum atomic E-state index is 6.26. The van der Waals surface area contributed by atoms with Crippen molar-refractivity contribution in [2.75, 3.05) is 21.3 Å². The van der Waals surface area contributed by atoms with Gasteiger partial charge in [0.15, 0.2) is 0 Å². The highest BCUT2D eigenvalue weighted by Gasteiger charge is 2.23. The van der Waals surface area contributed by atoms with Crippen LogP contribution in [0.4, 0.5) is 0 Å². The van der Waals surface area contributed by atoms with Crippen LogP contribution in [-0.4, -0.2) is 27.4 Å². The maximum absolute atomic E-state index is 6.26. The maximum Gasteiger partial charge on any atom is 0.122 e. The summed E-state index contributed by atoms with van der Waals surface area (Å²) < 4.78 is 16.0. The summed E-state index contributed by atoms with van der Waals surface area (Å²) in [4.78, 5) is 0. The molecule has 2 atom stereocenters. The Morgan fingerprint density at radius 2 is 1.44 bits per heavy atom. The molecule has 1 aromatic carbocycles. The highest BCUT2D eigenvalue weighted by Crippen LogP contribution is 2.29. The fraction of sp³-hybridized carbons (Fsp3) is 0.571. The van der Waals surface area contributed by atoms with Crippen molar-refractivity contribution in [2.24, 2.45) is 11.7 Å². The smallest absolute Gasteiger partial charge is 0.122 e. The van der Waals surface area contributed by atoms with Crippen molar-refractivity contribution in [3.05, 3.63) is 23.8 Å². The van der Waals surface area contributed by atoms with Crippen LogP contribution in [0.5, 0.6) is 11.5 Å². The second-order valence-corrected chi connectivity index (χ2v) is 4.62. The van der Waals surface area contributed by atoms with E-state index in [0.29, 0.717) is 5.92 Å². The van der Waals surface area contributed by atoms with Gasteiger partial charge in [0.1, 0.15) is 11.5 Å². The van der Waals surface area contributed by atoms with Crippen LogP contribution in [0.1, 0.15) is 25.5 Å². The molecule has 4 heteroatoms. The molecule has 18 heavy (non-hydrogen) atoms. The Morgan fingerprint density at radius 1 is 0.944 bits per heavy atom. The van der Waals surface area contributed by atoms with E-state index >= 15 is 0 Å². The van der Waals surface area contributed by atoms with Crippen molar-refractivity contribution in [1.29, 1.82) is 0 Å². The zero-order valence-corrected chi connectivity index (χ0v) is 11.8. The first-order chi connectivity index (χ1) is 8.53. The fourth-order valence-electron chi connectivity index (χ4n) is 2.05. The van der Waals surface area contributed by atoms with Gasteiger partial charge in [-0.15, -0.1) is 0 Å². The van der Waals surface area contributed by atoms with Crippen molar-refractivity contribution in [1.82, 2.24) is 0 Å². The second kappa shape index (κ2) is 6.61. The van der Waals surface area contributed by atoms with Crippen LogP contribution in [0, 0.1) is 5.92 Å². The summed E-state index contributed by atoms with van der Waals surface area (Å²) in [6.45, 7) is 4.18. The molecule has 2 N–H and O–H groups in total. The standard InChI is InChI=1S/C14H23NO3/c1-9(2)14(18-5)13(15)10-6-11(16-3)8-12(7-10)17-4/h6-9,13-14H,15H2,1-5H3. The van der Waals surface area contributed by atoms with Crippen LogP contribution >= 0.6 is 0 Å². The monoisotopic (exact) mass is 253 g/mol. The minimum atomic E-state index is -0.209. The van der Waals surface area contributed by atoms with Crippen molar-refractivity contribution in [2.45, 2.75) is 26.0 Å². The highest BCUT2D eigenvalue weighted by molar-refractivity contribution is 5.40. The van der Waals surface area contributed by atoms with Gasteiger partial charge in [0, 0.05) is 13.2 Å². The van der Waals surface area contributed by atoms with Gasteiger partial charge >= 0.3 is 0 Å². The van der Waals surface area contributed by atoms with E-state index in [1.807, 2.05) is 18.2 Å². The molecule has 102 valence electrons. The Kier molecular flexibility index (Phi) is 5.44. The molecule has 2 unspecified atom stereocenters. The van der Waals surface area contributed by atoms with Crippen LogP contribution in [0.2, 0.25) is 0 Å². The average molecular weight is 253 g/mol. The third-order valence-corrected chi connectivity index (χ3v) is 3.04. The number of ether oxygens (including phenoxy) is 3. The molecular weight excluding hydrogens is 230 g/mol. The minimum absolute atomic E-state index is 0.0400. The number of benzene rings is 1. The molecule has 0 radical (unpaired) electrons. The molecule has 1 aromatic rings. The van der Waals surface area contributed by atoms with Gasteiger partial charge < -0.3 is 19.9 Å². The highest BCUT2D eigenvalue weighted by atomic mass is 16.5. The van der Waals surface area contributed by atoms with Gasteiger partial charge in [-0.25, -0.2) is 0 Å². The Balaban J connectivity index is 3.06. The van der Waals surface area contributed by atoms with E-state index < -0.39 is 0 Å². The molecule has 0 aromatic heterocycles. The third-order valence-electron chi connectivity index (χ3n) is 3.04. The summed E-state index contributed by atoms with van der Waals surface area (Å²) in [5.74, 6) is 1.80. The molecule has 0 aliphatic heterocycles. The normalized spacial score (nSPS) is 14.4. The van der Waals surface area contributed by atoms with Gasteiger partial charge in [0.2, 0.25) is 0 Å². The molecule has 0 aliphatic carbocycles. The van der Waals surface area contributed by atoms with Crippen molar-refractivity contribution in [3.8, 4) is 11.5 Å². The van der Waals surface area contributed by atoms with Crippen molar-refractivity contribution < 1.29 is 14.2 Å². The predicted molar refractivity (Wildman–Crippen MR) is 72.1 cm³/mol. The van der Waals surface area contributed by atoms with Crippen molar-refractivity contribution in [3.63, 3.8) is 0 Å². The summed E-state index contributed by atoms with van der Waals surface area (Å²) in [6.07, 6.45) is -0.0400. The number of nitrogens with two attached hydrogens (primary N) is 1. The Bertz CT molecular complexity index is 357. The van der Waals surface area contributed by atoms with Gasteiger partial charge in [0.05, 0.1) is 26.4 Å². The van der Waals surface area contributed by atoms with Crippen LogP contribution in [0.15, 0.2) is 18.2 Å². The summed E-state index contributed by atoms with van der Waals surface area (Å²) in [6, 6.07) is 5.45. The quantitative estimate of drug-likeness (QED) is 0.845. The molecule has 0 heterocycles. The number of hydrogen-bond acceptors (Lipinski definition) is 4. The van der Waals surface area contributed by atoms with Gasteiger partial charge in [-0.3, -0.25) is 0 Å². The van der Waals surface area contributed by atoms with Crippen LogP contribution in [-0.2, 0) is 4.74 Å². The van der Waals surface area contributed by atoms with E-state index in [1.54, 1.807) is 21.3 Å². The largest absolute Gasteiger partial charge is 0.497 e. The third kappa shape index (κ3) is 3.37. The first-order valence-corrected chi connectivity index (χ1v) is 6.04. The number of methoxy groups -OCH3 is 3. The number of rotatable bonds is 6. The molecule has 0 bridgehead atoms. The molecular formula is C14H23NO3. The molecule has 0 fully saturated rings. The number of hydrogen-bond donors (Lipinski definition) is 1. The van der Waals surface area contributed by atoms with E-state index in [1.165, 1.54) is 0 Å². The first-order valence-electron chi connectivity index (χ1n) is 6.04. The lowest BCUT2D eigenvalue weighted by atomic mass is 9.94. The summed E-state index contributed by atoms with van der Waals surface area (Å²) in [7, 11) is 4.93. The lowest BCUT2D eigenvalue weighted by Gasteiger charge is -2.26. The predicted octanol–water partition coefficient (Wildman–Crippen LogP) is 2.37. The van der Waals surface area contributed by atoms with Gasteiger partial charge in [-0.05, 0) is 23.6 Å².